The Morgan fingerprint density at radius 2 is 2.08 bits per heavy atom. The lowest BCUT2D eigenvalue weighted by Gasteiger charge is -2.06. The Labute approximate surface area is 70.5 Å². The molecule has 0 aliphatic rings. The fourth-order valence-corrected chi connectivity index (χ4v) is 0.489. The highest BCUT2D eigenvalue weighted by atomic mass is 32.2. The smallest absolute Gasteiger partial charge is 0.331 e. The number of hydrogen-bond donors (Lipinski definition) is 2. The van der Waals surface area contributed by atoms with E-state index in [0.717, 1.165) is 13.0 Å². The first-order valence-corrected chi connectivity index (χ1v) is 4.17. The van der Waals surface area contributed by atoms with Gasteiger partial charge in [-0.2, -0.15) is 8.42 Å². The van der Waals surface area contributed by atoms with Gasteiger partial charge in [-0.05, 0) is 6.92 Å². The lowest BCUT2D eigenvalue weighted by atomic mass is 10.6. The first-order chi connectivity index (χ1) is 4.88. The first-order valence-electron chi connectivity index (χ1n) is 2.67. The Hall–Kier alpha value is -0.920. The van der Waals surface area contributed by atoms with Crippen molar-refractivity contribution in [3.63, 3.8) is 0 Å². The predicted molar refractivity (Wildman–Crippen MR) is 42.3 cm³/mol. The standard InChI is InChI=1S/C5H8O5S.H3N/c1-3-5(6)10-4(2)11(7,8)9;/h3-4H,1H2,2H3,(H,7,8,9);1H3. The van der Waals surface area contributed by atoms with Crippen LogP contribution in [0.2, 0.25) is 0 Å². The zero-order valence-electron chi connectivity index (χ0n) is 6.56. The van der Waals surface area contributed by atoms with Crippen molar-refractivity contribution < 1.29 is 22.5 Å². The lowest BCUT2D eigenvalue weighted by Crippen LogP contribution is -2.22. The Morgan fingerprint density at radius 1 is 1.67 bits per heavy atom. The number of esters is 1. The van der Waals surface area contributed by atoms with E-state index < -0.39 is 21.5 Å². The van der Waals surface area contributed by atoms with E-state index in [0.29, 0.717) is 0 Å². The van der Waals surface area contributed by atoms with Gasteiger partial charge in [0.1, 0.15) is 0 Å². The van der Waals surface area contributed by atoms with Gasteiger partial charge in [-0.1, -0.05) is 6.58 Å². The molecule has 0 aliphatic carbocycles. The van der Waals surface area contributed by atoms with Crippen molar-refractivity contribution in [2.75, 3.05) is 0 Å². The van der Waals surface area contributed by atoms with Crippen LogP contribution in [-0.4, -0.2) is 24.4 Å². The minimum Gasteiger partial charge on any atom is -0.440 e. The molecule has 0 aliphatic heterocycles. The van der Waals surface area contributed by atoms with E-state index in [2.05, 4.69) is 11.3 Å². The Morgan fingerprint density at radius 3 is 2.33 bits per heavy atom. The summed E-state index contributed by atoms with van der Waals surface area (Å²) in [5.41, 5.74) is -1.55. The molecule has 0 saturated heterocycles. The first kappa shape index (κ1) is 13.7. The lowest BCUT2D eigenvalue weighted by molar-refractivity contribution is -0.139. The van der Waals surface area contributed by atoms with Crippen LogP contribution in [0.25, 0.3) is 0 Å². The fourth-order valence-electron chi connectivity index (χ4n) is 0.272. The van der Waals surface area contributed by atoms with Crippen LogP contribution in [0, 0.1) is 0 Å². The normalized spacial score (nSPS) is 12.5. The van der Waals surface area contributed by atoms with Crippen molar-refractivity contribution in [1.29, 1.82) is 0 Å². The Kier molecular flexibility index (Phi) is 5.53. The van der Waals surface area contributed by atoms with E-state index in [1.54, 1.807) is 0 Å². The van der Waals surface area contributed by atoms with Gasteiger partial charge in [0.15, 0.2) is 0 Å². The van der Waals surface area contributed by atoms with Gasteiger partial charge >= 0.3 is 16.1 Å². The molecule has 0 aromatic rings. The van der Waals surface area contributed by atoms with Gasteiger partial charge in [0, 0.05) is 6.08 Å². The summed E-state index contributed by atoms with van der Waals surface area (Å²) in [6, 6.07) is 0. The third-order valence-corrected chi connectivity index (χ3v) is 1.80. The maximum atomic E-state index is 10.4. The summed E-state index contributed by atoms with van der Waals surface area (Å²) in [6.07, 6.45) is 0.807. The molecule has 6 nitrogen and oxygen atoms in total. The van der Waals surface area contributed by atoms with Crippen molar-refractivity contribution in [3.8, 4) is 0 Å². The maximum absolute atomic E-state index is 10.4. The van der Waals surface area contributed by atoms with Crippen LogP contribution in [-0.2, 0) is 19.6 Å². The van der Waals surface area contributed by atoms with Crippen LogP contribution in [0.15, 0.2) is 12.7 Å². The Bertz CT molecular complexity index is 257. The van der Waals surface area contributed by atoms with Gasteiger partial charge in [-0.15, -0.1) is 0 Å². The highest BCUT2D eigenvalue weighted by molar-refractivity contribution is 7.86. The number of rotatable bonds is 3. The van der Waals surface area contributed by atoms with Crippen molar-refractivity contribution in [2.24, 2.45) is 0 Å². The molecule has 1 unspecified atom stereocenters. The molecule has 1 atom stereocenters. The molecule has 0 rings (SSSR count). The fraction of sp³-hybridized carbons (Fsp3) is 0.400. The van der Waals surface area contributed by atoms with E-state index in [4.69, 9.17) is 4.55 Å². The summed E-state index contributed by atoms with van der Waals surface area (Å²) in [5.74, 6) is -0.893. The van der Waals surface area contributed by atoms with E-state index in [9.17, 15) is 13.2 Å². The van der Waals surface area contributed by atoms with Gasteiger partial charge in [0.25, 0.3) is 0 Å². The molecule has 0 spiro atoms. The quantitative estimate of drug-likeness (QED) is 0.377. The van der Waals surface area contributed by atoms with Crippen molar-refractivity contribution >= 4 is 16.1 Å². The molecule has 7 heteroatoms. The topological polar surface area (TPSA) is 116 Å². The second-order valence-electron chi connectivity index (χ2n) is 1.72. The van der Waals surface area contributed by atoms with Crippen molar-refractivity contribution in [1.82, 2.24) is 6.15 Å². The molecular formula is C5H11NO5S. The molecule has 4 N–H and O–H groups in total. The van der Waals surface area contributed by atoms with Gasteiger partial charge in [0.2, 0.25) is 5.44 Å². The second-order valence-corrected chi connectivity index (χ2v) is 3.42. The van der Waals surface area contributed by atoms with Crippen LogP contribution >= 0.6 is 0 Å². The largest absolute Gasteiger partial charge is 0.440 e. The molecule has 0 radical (unpaired) electrons. The zero-order valence-corrected chi connectivity index (χ0v) is 7.37. The third kappa shape index (κ3) is 4.83. The SMILES string of the molecule is C=CC(=O)OC(C)S(=O)(=O)O.N. The summed E-state index contributed by atoms with van der Waals surface area (Å²) < 4.78 is 32.9. The molecule has 72 valence electrons. The second kappa shape index (κ2) is 4.86. The third-order valence-electron chi connectivity index (χ3n) is 0.868. The summed E-state index contributed by atoms with van der Waals surface area (Å²) in [4.78, 5) is 10.4. The average Bonchev–Trinajstić information content (AvgIpc) is 1.85. The monoisotopic (exact) mass is 197 g/mol. The summed E-state index contributed by atoms with van der Waals surface area (Å²) in [5, 5.41) is 0. The molecule has 0 fully saturated rings. The molecule has 0 aromatic carbocycles. The van der Waals surface area contributed by atoms with Gasteiger partial charge < -0.3 is 10.9 Å². The molecular weight excluding hydrogens is 186 g/mol. The highest BCUT2D eigenvalue weighted by Gasteiger charge is 2.19. The Balaban J connectivity index is 0. The minimum absolute atomic E-state index is 0. The van der Waals surface area contributed by atoms with Crippen molar-refractivity contribution in [3.05, 3.63) is 12.7 Å². The maximum Gasteiger partial charge on any atom is 0.331 e. The number of ether oxygens (including phenoxy) is 1. The summed E-state index contributed by atoms with van der Waals surface area (Å²) >= 11 is 0. The van der Waals surface area contributed by atoms with Gasteiger partial charge in [-0.25, -0.2) is 4.79 Å². The molecule has 0 amide bonds. The van der Waals surface area contributed by atoms with E-state index in [-0.39, 0.29) is 6.15 Å². The van der Waals surface area contributed by atoms with E-state index in [1.807, 2.05) is 0 Å². The van der Waals surface area contributed by atoms with Crippen LogP contribution in [0.5, 0.6) is 0 Å². The van der Waals surface area contributed by atoms with Crippen LogP contribution < -0.4 is 6.15 Å². The minimum atomic E-state index is -4.30. The average molecular weight is 197 g/mol. The molecule has 0 bridgehead atoms. The number of hydrogen-bond acceptors (Lipinski definition) is 5. The number of carbonyl (C=O) groups is 1. The van der Waals surface area contributed by atoms with Crippen LogP contribution in [0.4, 0.5) is 0 Å². The van der Waals surface area contributed by atoms with Crippen molar-refractivity contribution in [2.45, 2.75) is 12.4 Å². The van der Waals surface area contributed by atoms with E-state index in [1.165, 1.54) is 0 Å². The zero-order chi connectivity index (χ0) is 9.07. The molecule has 0 saturated carbocycles. The predicted octanol–water partition coefficient (Wildman–Crippen LogP) is 0.111. The molecule has 0 aromatic heterocycles. The van der Waals surface area contributed by atoms with Crippen LogP contribution in [0.1, 0.15) is 6.92 Å². The summed E-state index contributed by atoms with van der Waals surface area (Å²) in [7, 11) is -4.30. The highest BCUT2D eigenvalue weighted by Crippen LogP contribution is 1.99. The van der Waals surface area contributed by atoms with Gasteiger partial charge in [-0.3, -0.25) is 4.55 Å². The van der Waals surface area contributed by atoms with Crippen LogP contribution in [0.3, 0.4) is 0 Å². The molecule has 0 heterocycles. The number of carbonyl (C=O) groups excluding carboxylic acids is 1. The van der Waals surface area contributed by atoms with Gasteiger partial charge in [0.05, 0.1) is 0 Å². The van der Waals surface area contributed by atoms with E-state index >= 15 is 0 Å². The summed E-state index contributed by atoms with van der Waals surface area (Å²) in [6.45, 7) is 4.08. The molecule has 12 heavy (non-hydrogen) atoms.